The number of halogens is 1. The van der Waals surface area contributed by atoms with E-state index >= 15 is 4.39 Å². The zero-order chi connectivity index (χ0) is 26.5. The fraction of sp³-hybridized carbons (Fsp3) is 0.367. The summed E-state index contributed by atoms with van der Waals surface area (Å²) < 4.78 is 34.1. The molecule has 1 aliphatic heterocycles. The van der Waals surface area contributed by atoms with E-state index in [-0.39, 0.29) is 23.5 Å². The smallest absolute Gasteiger partial charge is 0.303 e. The molecule has 196 valence electrons. The van der Waals surface area contributed by atoms with Crippen molar-refractivity contribution in [2.75, 3.05) is 6.61 Å². The zero-order valence-electron chi connectivity index (χ0n) is 21.8. The van der Waals surface area contributed by atoms with Gasteiger partial charge in [0, 0.05) is 13.5 Å². The topological polar surface area (TPSA) is 44.8 Å². The van der Waals surface area contributed by atoms with E-state index in [1.807, 2.05) is 66.7 Å². The van der Waals surface area contributed by atoms with Crippen LogP contribution in [0.4, 0.5) is 4.39 Å². The molecule has 0 bridgehead atoms. The Balaban J connectivity index is 1.65. The van der Waals surface area contributed by atoms with Gasteiger partial charge in [-0.2, -0.15) is 0 Å². The number of benzene rings is 3. The van der Waals surface area contributed by atoms with E-state index in [1.165, 1.54) is 18.7 Å². The standard InChI is InChI=1S/C30H35FO4SSi/c1-22(32)35-29-27(31)28(33-20-23-14-8-5-9-15-23)26(36-29)21-34-37(30(2,3)4,24-16-10-6-11-17-24)25-18-12-7-13-19-25/h5-19,26-29H,20-21H2,1-4H3/t26-,27+,28-,29?/m1/s1. The molecule has 1 heterocycles. The molecule has 1 fully saturated rings. The quantitative estimate of drug-likeness (QED) is 0.266. The van der Waals surface area contributed by atoms with E-state index in [9.17, 15) is 4.79 Å². The van der Waals surface area contributed by atoms with Gasteiger partial charge in [0.15, 0.2) is 11.6 Å². The minimum Gasteiger partial charge on any atom is -0.448 e. The largest absolute Gasteiger partial charge is 0.448 e. The van der Waals surface area contributed by atoms with Crippen LogP contribution in [0.25, 0.3) is 0 Å². The molecule has 0 N–H and O–H groups in total. The molecule has 1 aliphatic rings. The molecule has 7 heteroatoms. The highest BCUT2D eigenvalue weighted by molar-refractivity contribution is 8.00. The van der Waals surface area contributed by atoms with Crippen LogP contribution in [0.2, 0.25) is 5.04 Å². The van der Waals surface area contributed by atoms with Crippen LogP contribution in [0.5, 0.6) is 0 Å². The Morgan fingerprint density at radius 3 is 1.89 bits per heavy atom. The van der Waals surface area contributed by atoms with Crippen LogP contribution in [0.15, 0.2) is 91.0 Å². The molecular formula is C30H35FO4SSi. The molecule has 3 aromatic carbocycles. The summed E-state index contributed by atoms with van der Waals surface area (Å²) in [7, 11) is -2.81. The first-order chi connectivity index (χ1) is 17.7. The van der Waals surface area contributed by atoms with Gasteiger partial charge in [0.1, 0.15) is 6.10 Å². The van der Waals surface area contributed by atoms with E-state index in [0.717, 1.165) is 15.9 Å². The average Bonchev–Trinajstić information content (AvgIpc) is 3.17. The summed E-state index contributed by atoms with van der Waals surface area (Å²) in [5.41, 5.74) is 0.0355. The van der Waals surface area contributed by atoms with Crippen molar-refractivity contribution in [1.82, 2.24) is 0 Å². The highest BCUT2D eigenvalue weighted by atomic mass is 32.2. The van der Waals surface area contributed by atoms with Crippen molar-refractivity contribution in [3.63, 3.8) is 0 Å². The summed E-state index contributed by atoms with van der Waals surface area (Å²) in [6.45, 7) is 8.49. The van der Waals surface area contributed by atoms with Gasteiger partial charge >= 0.3 is 5.97 Å². The van der Waals surface area contributed by atoms with Crippen LogP contribution in [0.3, 0.4) is 0 Å². The van der Waals surface area contributed by atoms with Crippen molar-refractivity contribution in [2.24, 2.45) is 0 Å². The lowest BCUT2D eigenvalue weighted by Gasteiger charge is -2.43. The molecule has 0 aromatic heterocycles. The lowest BCUT2D eigenvalue weighted by molar-refractivity contribution is -0.146. The van der Waals surface area contributed by atoms with Gasteiger partial charge in [-0.3, -0.25) is 4.79 Å². The third-order valence-corrected chi connectivity index (χ3v) is 13.1. The Bertz CT molecular complexity index is 1100. The Morgan fingerprint density at radius 2 is 1.41 bits per heavy atom. The van der Waals surface area contributed by atoms with Crippen LogP contribution >= 0.6 is 11.8 Å². The Morgan fingerprint density at radius 1 is 0.892 bits per heavy atom. The van der Waals surface area contributed by atoms with Crippen molar-refractivity contribution in [3.05, 3.63) is 96.6 Å². The molecule has 4 rings (SSSR count). The first-order valence-electron chi connectivity index (χ1n) is 12.6. The summed E-state index contributed by atoms with van der Waals surface area (Å²) in [4.78, 5) is 11.7. The van der Waals surface area contributed by atoms with E-state index in [1.54, 1.807) is 0 Å². The summed E-state index contributed by atoms with van der Waals surface area (Å²) in [6, 6.07) is 30.4. The molecular weight excluding hydrogens is 503 g/mol. The van der Waals surface area contributed by atoms with Gasteiger partial charge < -0.3 is 13.9 Å². The molecule has 37 heavy (non-hydrogen) atoms. The minimum atomic E-state index is -2.81. The SMILES string of the molecule is CC(=O)OC1S[C@H](CO[Si](c2ccccc2)(c2ccccc2)C(C)(C)C)[C@@H](OCc2ccccc2)[C@@H]1F. The van der Waals surface area contributed by atoms with Gasteiger partial charge in [0.05, 0.1) is 11.9 Å². The number of alkyl halides is 1. The Labute approximate surface area is 224 Å². The van der Waals surface area contributed by atoms with Crippen molar-refractivity contribution in [1.29, 1.82) is 0 Å². The first-order valence-corrected chi connectivity index (χ1v) is 15.4. The van der Waals surface area contributed by atoms with Gasteiger partial charge in [-0.1, -0.05) is 112 Å². The van der Waals surface area contributed by atoms with Gasteiger partial charge in [-0.15, -0.1) is 11.8 Å². The Kier molecular flexibility index (Phi) is 8.90. The maximum absolute atomic E-state index is 15.6. The highest BCUT2D eigenvalue weighted by Gasteiger charge is 2.53. The summed E-state index contributed by atoms with van der Waals surface area (Å²) in [6.07, 6.45) is -2.22. The van der Waals surface area contributed by atoms with Gasteiger partial charge in [0.2, 0.25) is 0 Å². The monoisotopic (exact) mass is 538 g/mol. The lowest BCUT2D eigenvalue weighted by atomic mass is 10.1. The molecule has 3 aromatic rings. The van der Waals surface area contributed by atoms with E-state index in [0.29, 0.717) is 0 Å². The minimum absolute atomic E-state index is 0.205. The van der Waals surface area contributed by atoms with Crippen LogP contribution in [0, 0.1) is 0 Å². The lowest BCUT2D eigenvalue weighted by Crippen LogP contribution is -2.67. The maximum Gasteiger partial charge on any atom is 0.303 e. The second-order valence-corrected chi connectivity index (χ2v) is 16.0. The highest BCUT2D eigenvalue weighted by Crippen LogP contribution is 2.42. The molecule has 1 unspecified atom stereocenters. The van der Waals surface area contributed by atoms with Gasteiger partial charge in [-0.25, -0.2) is 4.39 Å². The predicted molar refractivity (Wildman–Crippen MR) is 150 cm³/mol. The molecule has 0 amide bonds. The average molecular weight is 539 g/mol. The van der Waals surface area contributed by atoms with E-state index in [2.05, 4.69) is 45.0 Å². The van der Waals surface area contributed by atoms with Crippen LogP contribution < -0.4 is 10.4 Å². The van der Waals surface area contributed by atoms with Crippen LogP contribution in [-0.2, 0) is 25.3 Å². The normalized spacial score (nSPS) is 22.1. The molecule has 0 spiro atoms. The van der Waals surface area contributed by atoms with Gasteiger partial charge in [-0.05, 0) is 21.0 Å². The number of carbonyl (C=O) groups excluding carboxylic acids is 1. The predicted octanol–water partition coefficient (Wildman–Crippen LogP) is 5.49. The van der Waals surface area contributed by atoms with E-state index in [4.69, 9.17) is 13.9 Å². The molecule has 0 aliphatic carbocycles. The summed E-state index contributed by atoms with van der Waals surface area (Å²) in [5.74, 6) is -0.504. The molecule has 4 nitrogen and oxygen atoms in total. The van der Waals surface area contributed by atoms with E-state index < -0.39 is 32.0 Å². The van der Waals surface area contributed by atoms with Crippen LogP contribution in [-0.4, -0.2) is 43.9 Å². The number of thioether (sulfide) groups is 1. The third-order valence-electron chi connectivity index (χ3n) is 6.70. The van der Waals surface area contributed by atoms with Crippen molar-refractivity contribution >= 4 is 36.4 Å². The Hall–Kier alpha value is -2.45. The molecule has 0 radical (unpaired) electrons. The number of ether oxygens (including phenoxy) is 2. The van der Waals surface area contributed by atoms with Crippen molar-refractivity contribution in [2.45, 2.75) is 62.3 Å². The maximum atomic E-state index is 15.6. The van der Waals surface area contributed by atoms with Gasteiger partial charge in [0.25, 0.3) is 8.32 Å². The third kappa shape index (κ3) is 6.17. The fourth-order valence-electron chi connectivity index (χ4n) is 5.01. The number of hydrogen-bond donors (Lipinski definition) is 0. The van der Waals surface area contributed by atoms with Crippen molar-refractivity contribution < 1.29 is 23.1 Å². The van der Waals surface area contributed by atoms with Crippen LogP contribution in [0.1, 0.15) is 33.3 Å². The number of esters is 1. The molecule has 1 saturated heterocycles. The molecule has 0 saturated carbocycles. The fourth-order valence-corrected chi connectivity index (χ4v) is 11.1. The number of rotatable bonds is 9. The number of carbonyl (C=O) groups is 1. The first kappa shape index (κ1) is 27.6. The summed E-state index contributed by atoms with van der Waals surface area (Å²) in [5, 5.41) is 1.77. The number of hydrogen-bond acceptors (Lipinski definition) is 5. The summed E-state index contributed by atoms with van der Waals surface area (Å²) >= 11 is 1.29. The second kappa shape index (κ2) is 11.9. The second-order valence-electron chi connectivity index (χ2n) is 10.3. The molecule has 4 atom stereocenters. The van der Waals surface area contributed by atoms with Crippen molar-refractivity contribution in [3.8, 4) is 0 Å². The zero-order valence-corrected chi connectivity index (χ0v) is 23.6.